The number of carbonyl (C=O) groups excluding carboxylic acids is 1. The van der Waals surface area contributed by atoms with Gasteiger partial charge in [0.05, 0.1) is 4.92 Å². The molecule has 1 unspecified atom stereocenters. The maximum Gasteiger partial charge on any atom is 0.282 e. The molecule has 0 aliphatic heterocycles. The lowest BCUT2D eigenvalue weighted by Gasteiger charge is -2.21. The Kier molecular flexibility index (Phi) is 5.78. The van der Waals surface area contributed by atoms with E-state index in [0.29, 0.717) is 13.0 Å². The minimum absolute atomic E-state index is 0.0669. The molecule has 1 aromatic carbocycles. The molecule has 6 nitrogen and oxygen atoms in total. The van der Waals surface area contributed by atoms with Gasteiger partial charge in [0, 0.05) is 25.7 Å². The standard InChI is InChI=1S/C14H20FN3O3/c1-9(2)12(16)6-7-17(3)14(19)11-8-10(15)4-5-13(11)18(20)21/h4-5,8-9,12H,6-7,16H2,1-3H3. The summed E-state index contributed by atoms with van der Waals surface area (Å²) < 4.78 is 13.2. The van der Waals surface area contributed by atoms with Gasteiger partial charge in [-0.05, 0) is 24.5 Å². The van der Waals surface area contributed by atoms with E-state index in [0.717, 1.165) is 18.2 Å². The van der Waals surface area contributed by atoms with E-state index in [1.54, 1.807) is 0 Å². The molecule has 116 valence electrons. The van der Waals surface area contributed by atoms with Gasteiger partial charge in [-0.15, -0.1) is 0 Å². The van der Waals surface area contributed by atoms with E-state index in [1.165, 1.54) is 11.9 Å². The van der Waals surface area contributed by atoms with Crippen LogP contribution in [0, 0.1) is 21.8 Å². The molecule has 0 saturated carbocycles. The monoisotopic (exact) mass is 297 g/mol. The molecule has 21 heavy (non-hydrogen) atoms. The van der Waals surface area contributed by atoms with Gasteiger partial charge < -0.3 is 10.6 Å². The lowest BCUT2D eigenvalue weighted by atomic mass is 10.0. The Morgan fingerprint density at radius 3 is 2.62 bits per heavy atom. The van der Waals surface area contributed by atoms with E-state index in [9.17, 15) is 19.3 Å². The Bertz CT molecular complexity index is 534. The molecule has 0 heterocycles. The number of benzene rings is 1. The van der Waals surface area contributed by atoms with Gasteiger partial charge in [0.2, 0.25) is 0 Å². The van der Waals surface area contributed by atoms with Crippen LogP contribution >= 0.6 is 0 Å². The molecule has 0 aliphatic carbocycles. The number of nitro groups is 1. The highest BCUT2D eigenvalue weighted by atomic mass is 19.1. The molecule has 0 spiro atoms. The first-order valence-electron chi connectivity index (χ1n) is 6.69. The quantitative estimate of drug-likeness (QED) is 0.643. The van der Waals surface area contributed by atoms with Gasteiger partial charge >= 0.3 is 0 Å². The minimum Gasteiger partial charge on any atom is -0.341 e. The van der Waals surface area contributed by atoms with Crippen LogP contribution in [0.2, 0.25) is 0 Å². The summed E-state index contributed by atoms with van der Waals surface area (Å²) in [5.41, 5.74) is 5.25. The fraction of sp³-hybridized carbons (Fsp3) is 0.500. The second kappa shape index (κ2) is 7.12. The van der Waals surface area contributed by atoms with Crippen LogP contribution in [0.25, 0.3) is 0 Å². The third-order valence-electron chi connectivity index (χ3n) is 3.39. The van der Waals surface area contributed by atoms with Gasteiger partial charge in [-0.1, -0.05) is 13.8 Å². The summed E-state index contributed by atoms with van der Waals surface area (Å²) in [6.07, 6.45) is 0.572. The topological polar surface area (TPSA) is 89.5 Å². The molecule has 1 rings (SSSR count). The smallest absolute Gasteiger partial charge is 0.282 e. The van der Waals surface area contributed by atoms with Crippen LogP contribution in [0.3, 0.4) is 0 Å². The molecule has 1 atom stereocenters. The zero-order chi connectivity index (χ0) is 16.2. The van der Waals surface area contributed by atoms with Crippen molar-refractivity contribution in [2.75, 3.05) is 13.6 Å². The van der Waals surface area contributed by atoms with Crippen molar-refractivity contribution >= 4 is 11.6 Å². The van der Waals surface area contributed by atoms with Crippen molar-refractivity contribution < 1.29 is 14.1 Å². The molecule has 0 aromatic heterocycles. The van der Waals surface area contributed by atoms with Gasteiger partial charge in [-0.25, -0.2) is 4.39 Å². The second-order valence-electron chi connectivity index (χ2n) is 5.34. The molecule has 7 heteroatoms. The normalized spacial score (nSPS) is 12.3. The summed E-state index contributed by atoms with van der Waals surface area (Å²) >= 11 is 0. The van der Waals surface area contributed by atoms with Crippen molar-refractivity contribution in [1.29, 1.82) is 0 Å². The third-order valence-corrected chi connectivity index (χ3v) is 3.39. The molecular formula is C14H20FN3O3. The van der Waals surface area contributed by atoms with E-state index < -0.39 is 22.3 Å². The van der Waals surface area contributed by atoms with Gasteiger partial charge in [-0.2, -0.15) is 0 Å². The predicted molar refractivity (Wildman–Crippen MR) is 77.4 cm³/mol. The molecule has 1 amide bonds. The van der Waals surface area contributed by atoms with Gasteiger partial charge in [0.25, 0.3) is 11.6 Å². The van der Waals surface area contributed by atoms with E-state index in [1.807, 2.05) is 13.8 Å². The van der Waals surface area contributed by atoms with Crippen molar-refractivity contribution in [2.24, 2.45) is 11.7 Å². The minimum atomic E-state index is -0.694. The number of carbonyl (C=O) groups is 1. The Balaban J connectivity index is 2.87. The maximum atomic E-state index is 13.2. The Labute approximate surface area is 122 Å². The van der Waals surface area contributed by atoms with Crippen molar-refractivity contribution in [3.05, 3.63) is 39.7 Å². The molecule has 0 radical (unpaired) electrons. The number of nitro benzene ring substituents is 1. The van der Waals surface area contributed by atoms with E-state index in [-0.39, 0.29) is 17.5 Å². The fourth-order valence-corrected chi connectivity index (χ4v) is 1.82. The summed E-state index contributed by atoms with van der Waals surface area (Å²) in [4.78, 5) is 23.8. The van der Waals surface area contributed by atoms with Crippen molar-refractivity contribution in [3.8, 4) is 0 Å². The first-order valence-corrected chi connectivity index (χ1v) is 6.69. The van der Waals surface area contributed by atoms with E-state index in [4.69, 9.17) is 5.73 Å². The highest BCUT2D eigenvalue weighted by Crippen LogP contribution is 2.21. The fourth-order valence-electron chi connectivity index (χ4n) is 1.82. The van der Waals surface area contributed by atoms with Crippen LogP contribution in [0.1, 0.15) is 30.6 Å². The summed E-state index contributed by atoms with van der Waals surface area (Å²) in [5.74, 6) is -0.995. The Morgan fingerprint density at radius 2 is 2.10 bits per heavy atom. The Hall–Kier alpha value is -2.02. The highest BCUT2D eigenvalue weighted by Gasteiger charge is 2.24. The largest absolute Gasteiger partial charge is 0.341 e. The number of nitrogens with two attached hydrogens (primary N) is 1. The van der Waals surface area contributed by atoms with Crippen molar-refractivity contribution in [3.63, 3.8) is 0 Å². The number of nitrogens with zero attached hydrogens (tertiary/aromatic N) is 2. The summed E-state index contributed by atoms with van der Waals surface area (Å²) in [7, 11) is 1.52. The molecule has 1 aromatic rings. The number of rotatable bonds is 6. The maximum absolute atomic E-state index is 13.2. The summed E-state index contributed by atoms with van der Waals surface area (Å²) in [5, 5.41) is 10.9. The molecule has 2 N–H and O–H groups in total. The van der Waals surface area contributed by atoms with Crippen molar-refractivity contribution in [1.82, 2.24) is 4.90 Å². The number of halogens is 1. The van der Waals surface area contributed by atoms with Crippen LogP contribution in [-0.2, 0) is 0 Å². The molecule has 0 saturated heterocycles. The van der Waals surface area contributed by atoms with Gasteiger partial charge in [0.1, 0.15) is 11.4 Å². The van der Waals surface area contributed by atoms with Crippen LogP contribution < -0.4 is 5.73 Å². The van der Waals surface area contributed by atoms with E-state index >= 15 is 0 Å². The zero-order valence-electron chi connectivity index (χ0n) is 12.4. The third kappa shape index (κ3) is 4.49. The average Bonchev–Trinajstić information content (AvgIpc) is 2.42. The predicted octanol–water partition coefficient (Wildman–Crippen LogP) is 2.18. The van der Waals surface area contributed by atoms with Crippen molar-refractivity contribution in [2.45, 2.75) is 26.3 Å². The summed E-state index contributed by atoms with van der Waals surface area (Å²) in [6.45, 7) is 4.31. The molecular weight excluding hydrogens is 277 g/mol. The molecule has 0 bridgehead atoms. The zero-order valence-corrected chi connectivity index (χ0v) is 12.4. The van der Waals surface area contributed by atoms with E-state index in [2.05, 4.69) is 0 Å². The van der Waals surface area contributed by atoms with Crippen LogP contribution in [-0.4, -0.2) is 35.4 Å². The van der Waals surface area contributed by atoms with Gasteiger partial charge in [0.15, 0.2) is 0 Å². The molecule has 0 fully saturated rings. The number of hydrogen-bond acceptors (Lipinski definition) is 4. The average molecular weight is 297 g/mol. The Morgan fingerprint density at radius 1 is 1.48 bits per heavy atom. The van der Waals surface area contributed by atoms with Crippen LogP contribution in [0.15, 0.2) is 18.2 Å². The van der Waals surface area contributed by atoms with Crippen LogP contribution in [0.4, 0.5) is 10.1 Å². The lowest BCUT2D eigenvalue weighted by Crippen LogP contribution is -2.34. The van der Waals surface area contributed by atoms with Crippen LogP contribution in [0.5, 0.6) is 0 Å². The lowest BCUT2D eigenvalue weighted by molar-refractivity contribution is -0.385. The second-order valence-corrected chi connectivity index (χ2v) is 5.34. The first kappa shape index (κ1) is 17.0. The SMILES string of the molecule is CC(C)C(N)CCN(C)C(=O)c1cc(F)ccc1[N+](=O)[O-]. The highest BCUT2D eigenvalue weighted by molar-refractivity contribution is 5.98. The summed E-state index contributed by atoms with van der Waals surface area (Å²) in [6, 6.07) is 2.78. The number of hydrogen-bond donors (Lipinski definition) is 1. The number of amides is 1. The van der Waals surface area contributed by atoms with Gasteiger partial charge in [-0.3, -0.25) is 14.9 Å². The first-order chi connectivity index (χ1) is 9.73. The molecule has 0 aliphatic rings.